The van der Waals surface area contributed by atoms with Crippen molar-refractivity contribution >= 4 is 23.6 Å². The molecule has 2 amide bonds. The van der Waals surface area contributed by atoms with E-state index in [2.05, 4.69) is 6.58 Å². The van der Waals surface area contributed by atoms with Crippen LogP contribution in [0.2, 0.25) is 0 Å². The summed E-state index contributed by atoms with van der Waals surface area (Å²) in [6.07, 6.45) is 4.21. The fourth-order valence-electron chi connectivity index (χ4n) is 1.83. The minimum absolute atomic E-state index is 0.381. The molecule has 22 heavy (non-hydrogen) atoms. The molecule has 0 saturated heterocycles. The Morgan fingerprint density at radius 1 is 0.864 bits per heavy atom. The van der Waals surface area contributed by atoms with Crippen LogP contribution in [0.1, 0.15) is 5.56 Å². The lowest BCUT2D eigenvalue weighted by molar-refractivity contribution is -0.119. The molecular weight excluding hydrogens is 281 g/mol. The van der Waals surface area contributed by atoms with Crippen LogP contribution in [0.25, 0.3) is 6.08 Å². The standard InChI is InChI=1S/C10H6FNO2.C8H8/c11-7-1-3-8(4-2-7)12-9(13)5-6-10(12)14;1-2-8-6-4-3-5-7-8/h1-6H;2-7H,1H2. The minimum Gasteiger partial charge on any atom is -0.269 e. The lowest BCUT2D eigenvalue weighted by Crippen LogP contribution is -2.29. The average Bonchev–Trinajstić information content (AvgIpc) is 2.89. The molecule has 110 valence electrons. The summed E-state index contributed by atoms with van der Waals surface area (Å²) >= 11 is 0. The summed E-state index contributed by atoms with van der Waals surface area (Å²) in [7, 11) is 0. The van der Waals surface area contributed by atoms with E-state index in [-0.39, 0.29) is 0 Å². The number of carbonyl (C=O) groups excluding carboxylic acids is 2. The zero-order valence-electron chi connectivity index (χ0n) is 11.8. The quantitative estimate of drug-likeness (QED) is 0.794. The van der Waals surface area contributed by atoms with E-state index in [1.54, 1.807) is 0 Å². The molecule has 0 atom stereocenters. The van der Waals surface area contributed by atoms with Crippen molar-refractivity contribution in [2.75, 3.05) is 4.90 Å². The van der Waals surface area contributed by atoms with Gasteiger partial charge in [0.25, 0.3) is 11.8 Å². The molecule has 0 bridgehead atoms. The molecular formula is C18H14FNO2. The molecule has 0 aliphatic carbocycles. The van der Waals surface area contributed by atoms with Crippen LogP contribution in [0, 0.1) is 5.82 Å². The normalized spacial score (nSPS) is 12.9. The second-order valence-corrected chi connectivity index (χ2v) is 4.44. The van der Waals surface area contributed by atoms with Gasteiger partial charge in [-0.25, -0.2) is 9.29 Å². The van der Waals surface area contributed by atoms with E-state index in [9.17, 15) is 14.0 Å². The fraction of sp³-hybridized carbons (Fsp3) is 0. The highest BCUT2D eigenvalue weighted by atomic mass is 19.1. The number of rotatable bonds is 2. The first kappa shape index (κ1) is 15.4. The third-order valence-electron chi connectivity index (χ3n) is 2.93. The second kappa shape index (κ2) is 7.13. The maximum absolute atomic E-state index is 12.6. The number of nitrogens with zero attached hydrogens (tertiary/aromatic N) is 1. The van der Waals surface area contributed by atoms with Gasteiger partial charge in [0.15, 0.2) is 0 Å². The van der Waals surface area contributed by atoms with E-state index in [4.69, 9.17) is 0 Å². The highest BCUT2D eigenvalue weighted by Crippen LogP contribution is 2.18. The van der Waals surface area contributed by atoms with Crippen molar-refractivity contribution in [3.05, 3.63) is 84.7 Å². The summed E-state index contributed by atoms with van der Waals surface area (Å²) < 4.78 is 12.6. The van der Waals surface area contributed by atoms with E-state index >= 15 is 0 Å². The van der Waals surface area contributed by atoms with Crippen LogP contribution in [0.5, 0.6) is 0 Å². The van der Waals surface area contributed by atoms with E-state index in [0.29, 0.717) is 5.69 Å². The maximum Gasteiger partial charge on any atom is 0.258 e. The molecule has 3 nitrogen and oxygen atoms in total. The predicted octanol–water partition coefficient (Wildman–Crippen LogP) is 3.58. The van der Waals surface area contributed by atoms with Crippen LogP contribution in [0.4, 0.5) is 10.1 Å². The van der Waals surface area contributed by atoms with Gasteiger partial charge in [0.2, 0.25) is 0 Å². The van der Waals surface area contributed by atoms with Crippen molar-refractivity contribution in [3.63, 3.8) is 0 Å². The largest absolute Gasteiger partial charge is 0.269 e. The van der Waals surface area contributed by atoms with Gasteiger partial charge in [0.05, 0.1) is 5.69 Å². The molecule has 4 heteroatoms. The molecule has 0 radical (unpaired) electrons. The molecule has 0 N–H and O–H groups in total. The molecule has 2 aromatic carbocycles. The smallest absolute Gasteiger partial charge is 0.258 e. The van der Waals surface area contributed by atoms with Crippen LogP contribution in [0.3, 0.4) is 0 Å². The van der Waals surface area contributed by atoms with Gasteiger partial charge >= 0.3 is 0 Å². The third-order valence-corrected chi connectivity index (χ3v) is 2.93. The first-order chi connectivity index (χ1) is 10.6. The second-order valence-electron chi connectivity index (χ2n) is 4.44. The minimum atomic E-state index is -0.402. The Kier molecular flexibility index (Phi) is 4.98. The number of halogens is 1. The van der Waals surface area contributed by atoms with Crippen molar-refractivity contribution in [3.8, 4) is 0 Å². The molecule has 2 aromatic rings. The van der Waals surface area contributed by atoms with Crippen molar-refractivity contribution in [1.82, 2.24) is 0 Å². The van der Waals surface area contributed by atoms with Gasteiger partial charge in [0.1, 0.15) is 5.82 Å². The number of hydrogen-bond donors (Lipinski definition) is 0. The van der Waals surface area contributed by atoms with Gasteiger partial charge in [-0.3, -0.25) is 9.59 Å². The molecule has 3 rings (SSSR count). The number of anilines is 1. The number of benzene rings is 2. The summed E-state index contributed by atoms with van der Waals surface area (Å²) in [6, 6.07) is 15.2. The molecule has 1 aliphatic rings. The van der Waals surface area contributed by atoms with Gasteiger partial charge in [-0.2, -0.15) is 0 Å². The van der Waals surface area contributed by atoms with E-state index in [0.717, 1.165) is 4.90 Å². The Hall–Kier alpha value is -3.01. The van der Waals surface area contributed by atoms with Crippen LogP contribution >= 0.6 is 0 Å². The number of imide groups is 1. The van der Waals surface area contributed by atoms with Gasteiger partial charge in [0, 0.05) is 12.2 Å². The Morgan fingerprint density at radius 2 is 1.41 bits per heavy atom. The van der Waals surface area contributed by atoms with Crippen LogP contribution in [0.15, 0.2) is 73.3 Å². The SMILES string of the molecule is C=Cc1ccccc1.O=C1C=CC(=O)N1c1ccc(F)cc1. The van der Waals surface area contributed by atoms with Gasteiger partial charge in [-0.05, 0) is 29.8 Å². The highest BCUT2D eigenvalue weighted by molar-refractivity contribution is 6.28. The van der Waals surface area contributed by atoms with Crippen molar-refractivity contribution in [2.45, 2.75) is 0 Å². The summed E-state index contributed by atoms with van der Waals surface area (Å²) in [4.78, 5) is 23.4. The zero-order valence-corrected chi connectivity index (χ0v) is 11.8. The molecule has 1 aliphatic heterocycles. The Labute approximate surface area is 128 Å². The predicted molar refractivity (Wildman–Crippen MR) is 84.6 cm³/mol. The topological polar surface area (TPSA) is 37.4 Å². The van der Waals surface area contributed by atoms with Crippen LogP contribution < -0.4 is 4.90 Å². The number of amides is 2. The fourth-order valence-corrected chi connectivity index (χ4v) is 1.83. The molecule has 1 heterocycles. The third kappa shape index (κ3) is 3.76. The van der Waals surface area contributed by atoms with Crippen LogP contribution in [-0.4, -0.2) is 11.8 Å². The van der Waals surface area contributed by atoms with E-state index in [1.165, 1.54) is 42.0 Å². The van der Waals surface area contributed by atoms with Crippen molar-refractivity contribution in [1.29, 1.82) is 0 Å². The Bertz CT molecular complexity index is 688. The Balaban J connectivity index is 0.000000188. The zero-order chi connectivity index (χ0) is 15.9. The van der Waals surface area contributed by atoms with Gasteiger partial charge in [-0.15, -0.1) is 0 Å². The van der Waals surface area contributed by atoms with Gasteiger partial charge in [-0.1, -0.05) is 43.0 Å². The molecule has 0 aromatic heterocycles. The first-order valence-corrected chi connectivity index (χ1v) is 6.61. The van der Waals surface area contributed by atoms with E-state index < -0.39 is 17.6 Å². The Morgan fingerprint density at radius 3 is 1.86 bits per heavy atom. The highest BCUT2D eigenvalue weighted by Gasteiger charge is 2.24. The van der Waals surface area contributed by atoms with Gasteiger partial charge < -0.3 is 0 Å². The number of carbonyl (C=O) groups is 2. The van der Waals surface area contributed by atoms with E-state index in [1.807, 2.05) is 36.4 Å². The molecule has 0 unspecified atom stereocenters. The summed E-state index contributed by atoms with van der Waals surface area (Å²) in [5, 5.41) is 0. The maximum atomic E-state index is 12.6. The van der Waals surface area contributed by atoms with Crippen molar-refractivity contribution in [2.24, 2.45) is 0 Å². The number of hydrogen-bond acceptors (Lipinski definition) is 2. The lowest BCUT2D eigenvalue weighted by atomic mass is 10.2. The molecule has 0 spiro atoms. The summed E-state index contributed by atoms with van der Waals surface area (Å²) in [6.45, 7) is 3.63. The summed E-state index contributed by atoms with van der Waals surface area (Å²) in [5.74, 6) is -1.20. The lowest BCUT2D eigenvalue weighted by Gasteiger charge is -2.12. The van der Waals surface area contributed by atoms with Crippen molar-refractivity contribution < 1.29 is 14.0 Å². The molecule has 0 saturated carbocycles. The molecule has 0 fully saturated rings. The summed E-state index contributed by atoms with van der Waals surface area (Å²) in [5.41, 5.74) is 1.55. The average molecular weight is 295 g/mol. The monoisotopic (exact) mass is 295 g/mol. The first-order valence-electron chi connectivity index (χ1n) is 6.61. The van der Waals surface area contributed by atoms with Crippen LogP contribution in [-0.2, 0) is 9.59 Å².